The van der Waals surface area contributed by atoms with Crippen LogP contribution in [0.1, 0.15) is 36.1 Å². The quantitative estimate of drug-likeness (QED) is 0.874. The second kappa shape index (κ2) is 6.34. The van der Waals surface area contributed by atoms with Gasteiger partial charge in [-0.15, -0.1) is 0 Å². The number of piperidine rings is 1. The molecule has 2 aromatic rings. The summed E-state index contributed by atoms with van der Waals surface area (Å²) in [6.07, 6.45) is 3.62. The number of hydrogen-bond donors (Lipinski definition) is 0. The standard InChI is InChI=1S/C18H23N3O/c1-14-6-8-16(9-7-14)13-21-17(22)12-15(2)19-18(21)20-10-4-3-5-11-20/h6-9,12H,3-5,10-11,13H2,1-2H3. The average Bonchev–Trinajstić information content (AvgIpc) is 2.52. The second-order valence-electron chi connectivity index (χ2n) is 6.16. The molecule has 3 rings (SSSR count). The molecule has 1 aromatic heterocycles. The van der Waals surface area contributed by atoms with Crippen molar-refractivity contribution in [1.82, 2.24) is 9.55 Å². The highest BCUT2D eigenvalue weighted by Crippen LogP contribution is 2.18. The summed E-state index contributed by atoms with van der Waals surface area (Å²) in [6, 6.07) is 9.97. The monoisotopic (exact) mass is 297 g/mol. The van der Waals surface area contributed by atoms with Gasteiger partial charge in [0.25, 0.3) is 5.56 Å². The third-order valence-corrected chi connectivity index (χ3v) is 4.22. The Kier molecular flexibility index (Phi) is 4.27. The lowest BCUT2D eigenvalue weighted by Gasteiger charge is -2.29. The molecule has 1 aliphatic rings. The van der Waals surface area contributed by atoms with Crippen LogP contribution in [-0.2, 0) is 6.54 Å². The van der Waals surface area contributed by atoms with E-state index >= 15 is 0 Å². The van der Waals surface area contributed by atoms with Gasteiger partial charge in [-0.25, -0.2) is 4.98 Å². The van der Waals surface area contributed by atoms with Gasteiger partial charge >= 0.3 is 0 Å². The van der Waals surface area contributed by atoms with Crippen molar-refractivity contribution >= 4 is 5.95 Å². The maximum atomic E-state index is 12.5. The highest BCUT2D eigenvalue weighted by Gasteiger charge is 2.17. The van der Waals surface area contributed by atoms with Gasteiger partial charge in [-0.2, -0.15) is 0 Å². The minimum atomic E-state index is 0.0358. The van der Waals surface area contributed by atoms with Gasteiger partial charge in [0.2, 0.25) is 5.95 Å². The van der Waals surface area contributed by atoms with Crippen LogP contribution in [0.2, 0.25) is 0 Å². The van der Waals surface area contributed by atoms with Gasteiger partial charge in [0, 0.05) is 24.8 Å². The van der Waals surface area contributed by atoms with Crippen LogP contribution in [0.3, 0.4) is 0 Å². The third kappa shape index (κ3) is 3.21. The molecule has 22 heavy (non-hydrogen) atoms. The van der Waals surface area contributed by atoms with Gasteiger partial charge in [-0.1, -0.05) is 29.8 Å². The molecule has 0 atom stereocenters. The van der Waals surface area contributed by atoms with E-state index in [0.717, 1.165) is 30.3 Å². The van der Waals surface area contributed by atoms with E-state index in [2.05, 4.69) is 41.1 Å². The largest absolute Gasteiger partial charge is 0.342 e. The molecule has 4 nitrogen and oxygen atoms in total. The average molecular weight is 297 g/mol. The summed E-state index contributed by atoms with van der Waals surface area (Å²) in [4.78, 5) is 19.4. The normalized spacial score (nSPS) is 15.1. The Bertz CT molecular complexity index is 697. The van der Waals surface area contributed by atoms with Crippen molar-refractivity contribution in [3.63, 3.8) is 0 Å². The molecule has 0 saturated carbocycles. The lowest BCUT2D eigenvalue weighted by molar-refractivity contribution is 0.550. The van der Waals surface area contributed by atoms with Gasteiger partial charge in [0.15, 0.2) is 0 Å². The zero-order valence-electron chi connectivity index (χ0n) is 13.4. The predicted octanol–water partition coefficient (Wildman–Crippen LogP) is 2.90. The van der Waals surface area contributed by atoms with E-state index < -0.39 is 0 Å². The molecule has 1 saturated heterocycles. The number of nitrogens with zero attached hydrogens (tertiary/aromatic N) is 3. The van der Waals surface area contributed by atoms with Crippen molar-refractivity contribution in [3.05, 3.63) is 57.5 Å². The van der Waals surface area contributed by atoms with E-state index in [1.54, 1.807) is 6.07 Å². The molecule has 0 spiro atoms. The summed E-state index contributed by atoms with van der Waals surface area (Å²) >= 11 is 0. The molecule has 4 heteroatoms. The molecule has 2 heterocycles. The molecule has 1 aliphatic heterocycles. The van der Waals surface area contributed by atoms with Crippen molar-refractivity contribution < 1.29 is 0 Å². The van der Waals surface area contributed by atoms with Crippen molar-refractivity contribution in [2.24, 2.45) is 0 Å². The Labute approximate surface area is 131 Å². The van der Waals surface area contributed by atoms with Gasteiger partial charge in [0.05, 0.1) is 6.54 Å². The molecular weight excluding hydrogens is 274 g/mol. The molecule has 0 aliphatic carbocycles. The minimum absolute atomic E-state index is 0.0358. The predicted molar refractivity (Wildman–Crippen MR) is 89.6 cm³/mol. The van der Waals surface area contributed by atoms with Crippen LogP contribution in [0.25, 0.3) is 0 Å². The fraction of sp³-hybridized carbons (Fsp3) is 0.444. The van der Waals surface area contributed by atoms with Gasteiger partial charge in [-0.05, 0) is 38.7 Å². The van der Waals surface area contributed by atoms with E-state index in [1.165, 1.54) is 24.8 Å². The fourth-order valence-corrected chi connectivity index (χ4v) is 2.97. The van der Waals surface area contributed by atoms with Crippen LogP contribution >= 0.6 is 0 Å². The van der Waals surface area contributed by atoms with Crippen molar-refractivity contribution in [2.45, 2.75) is 39.7 Å². The first kappa shape index (κ1) is 14.8. The number of aryl methyl sites for hydroxylation is 2. The topological polar surface area (TPSA) is 38.1 Å². The van der Waals surface area contributed by atoms with Crippen LogP contribution in [0.4, 0.5) is 5.95 Å². The zero-order valence-corrected chi connectivity index (χ0v) is 13.4. The highest BCUT2D eigenvalue weighted by molar-refractivity contribution is 5.34. The van der Waals surface area contributed by atoms with E-state index in [0.29, 0.717) is 6.54 Å². The second-order valence-corrected chi connectivity index (χ2v) is 6.16. The Hall–Kier alpha value is -2.10. The first-order chi connectivity index (χ1) is 10.6. The molecule has 0 amide bonds. The summed E-state index contributed by atoms with van der Waals surface area (Å²) < 4.78 is 1.81. The lowest BCUT2D eigenvalue weighted by Crippen LogP contribution is -2.36. The molecule has 1 aromatic carbocycles. The van der Waals surface area contributed by atoms with Crippen LogP contribution in [0.15, 0.2) is 35.1 Å². The zero-order chi connectivity index (χ0) is 15.5. The number of aromatic nitrogens is 2. The van der Waals surface area contributed by atoms with E-state index in [-0.39, 0.29) is 5.56 Å². The summed E-state index contributed by atoms with van der Waals surface area (Å²) in [5.41, 5.74) is 3.20. The minimum Gasteiger partial charge on any atom is -0.342 e. The summed E-state index contributed by atoms with van der Waals surface area (Å²) in [5, 5.41) is 0. The van der Waals surface area contributed by atoms with Crippen molar-refractivity contribution in [3.8, 4) is 0 Å². The smallest absolute Gasteiger partial charge is 0.255 e. The Morgan fingerprint density at radius 3 is 2.41 bits per heavy atom. The molecule has 0 unspecified atom stereocenters. The number of benzene rings is 1. The molecular formula is C18H23N3O. The number of rotatable bonds is 3. The van der Waals surface area contributed by atoms with Crippen LogP contribution in [0.5, 0.6) is 0 Å². The summed E-state index contributed by atoms with van der Waals surface area (Å²) in [5.74, 6) is 0.824. The first-order valence-electron chi connectivity index (χ1n) is 8.02. The van der Waals surface area contributed by atoms with Gasteiger partial charge in [0.1, 0.15) is 0 Å². The fourth-order valence-electron chi connectivity index (χ4n) is 2.97. The Morgan fingerprint density at radius 2 is 1.73 bits per heavy atom. The number of hydrogen-bond acceptors (Lipinski definition) is 3. The van der Waals surface area contributed by atoms with Gasteiger partial charge < -0.3 is 4.90 Å². The van der Waals surface area contributed by atoms with Crippen molar-refractivity contribution in [2.75, 3.05) is 18.0 Å². The van der Waals surface area contributed by atoms with E-state index in [4.69, 9.17) is 0 Å². The molecule has 0 radical (unpaired) electrons. The molecule has 0 N–H and O–H groups in total. The first-order valence-corrected chi connectivity index (χ1v) is 8.02. The Balaban J connectivity index is 1.97. The van der Waals surface area contributed by atoms with Crippen LogP contribution in [-0.4, -0.2) is 22.6 Å². The molecule has 0 bridgehead atoms. The highest BCUT2D eigenvalue weighted by atomic mass is 16.1. The van der Waals surface area contributed by atoms with Gasteiger partial charge in [-0.3, -0.25) is 9.36 Å². The molecule has 1 fully saturated rings. The van der Waals surface area contributed by atoms with E-state index in [9.17, 15) is 4.79 Å². The molecule has 116 valence electrons. The Morgan fingerprint density at radius 1 is 1.05 bits per heavy atom. The summed E-state index contributed by atoms with van der Waals surface area (Å²) in [7, 11) is 0. The van der Waals surface area contributed by atoms with Crippen LogP contribution in [0, 0.1) is 13.8 Å². The van der Waals surface area contributed by atoms with Crippen LogP contribution < -0.4 is 10.5 Å². The van der Waals surface area contributed by atoms with E-state index in [1.807, 2.05) is 11.5 Å². The van der Waals surface area contributed by atoms with Crippen molar-refractivity contribution in [1.29, 1.82) is 0 Å². The maximum absolute atomic E-state index is 12.5. The number of anilines is 1. The maximum Gasteiger partial charge on any atom is 0.255 e. The SMILES string of the molecule is Cc1ccc(Cn2c(N3CCCCC3)nc(C)cc2=O)cc1. The third-order valence-electron chi connectivity index (χ3n) is 4.22. The summed E-state index contributed by atoms with van der Waals surface area (Å²) in [6.45, 7) is 6.53. The lowest BCUT2D eigenvalue weighted by atomic mass is 10.1.